The van der Waals surface area contributed by atoms with Crippen molar-refractivity contribution in [1.82, 2.24) is 4.72 Å². The highest BCUT2D eigenvalue weighted by Gasteiger charge is 2.22. The maximum Gasteiger partial charge on any atom is 0.241 e. The average Bonchev–Trinajstić information content (AvgIpc) is 2.60. The van der Waals surface area contributed by atoms with Crippen LogP contribution in [0.3, 0.4) is 0 Å². The first-order valence-corrected chi connectivity index (χ1v) is 9.57. The maximum atomic E-state index is 13.9. The lowest BCUT2D eigenvalue weighted by Gasteiger charge is -2.19. The second kappa shape index (κ2) is 7.05. The Labute approximate surface area is 151 Å². The quantitative estimate of drug-likeness (QED) is 0.838. The second-order valence-electron chi connectivity index (χ2n) is 6.10. The summed E-state index contributed by atoms with van der Waals surface area (Å²) in [6, 6.07) is 8.25. The van der Waals surface area contributed by atoms with Gasteiger partial charge in [-0.15, -0.1) is 0 Å². The molecule has 8 heteroatoms. The molecular weight excluding hydrogens is 359 g/mol. The molecule has 0 saturated carbocycles. The minimum atomic E-state index is -3.80. The number of carbonyl (C=O) groups excluding carboxylic acids is 1. The first-order chi connectivity index (χ1) is 12.3. The lowest BCUT2D eigenvalue weighted by atomic mass is 10.0. The Morgan fingerprint density at radius 3 is 2.65 bits per heavy atom. The molecule has 6 nitrogen and oxygen atoms in total. The number of ether oxygens (including phenoxy) is 1. The van der Waals surface area contributed by atoms with E-state index in [1.807, 2.05) is 0 Å². The smallest absolute Gasteiger partial charge is 0.241 e. The molecule has 0 saturated heterocycles. The summed E-state index contributed by atoms with van der Waals surface area (Å²) in [4.78, 5) is 11.5. The highest BCUT2D eigenvalue weighted by molar-refractivity contribution is 7.89. The third-order valence-corrected chi connectivity index (χ3v) is 5.83. The van der Waals surface area contributed by atoms with E-state index in [1.54, 1.807) is 25.1 Å². The Hall–Kier alpha value is -2.45. The summed E-state index contributed by atoms with van der Waals surface area (Å²) < 4.78 is 46.6. The molecule has 1 amide bonds. The van der Waals surface area contributed by atoms with Crippen molar-refractivity contribution in [3.8, 4) is 5.75 Å². The molecule has 26 heavy (non-hydrogen) atoms. The predicted octanol–water partition coefficient (Wildman–Crippen LogP) is 2.76. The van der Waals surface area contributed by atoms with Gasteiger partial charge in [0.05, 0.1) is 12.0 Å². The lowest BCUT2D eigenvalue weighted by molar-refractivity contribution is -0.116. The summed E-state index contributed by atoms with van der Waals surface area (Å²) in [5.41, 5.74) is 1.89. The van der Waals surface area contributed by atoms with Gasteiger partial charge in [0.15, 0.2) is 11.6 Å². The number of hydrogen-bond acceptors (Lipinski definition) is 4. The Morgan fingerprint density at radius 2 is 1.96 bits per heavy atom. The number of methoxy groups -OCH3 is 1. The average molecular weight is 378 g/mol. The molecule has 1 aliphatic rings. The molecule has 0 aromatic heterocycles. The standard InChI is InChI=1S/C18H19FN2O4S/c1-11(12-3-7-17(25-2)15(19)10-12)21-26(23,24)14-5-6-16-13(9-14)4-8-18(22)20-16/h3,5-7,9-11,21H,4,8H2,1-2H3,(H,20,22)/t11-/m0/s1. The van der Waals surface area contributed by atoms with Crippen LogP contribution in [0, 0.1) is 5.82 Å². The minimum Gasteiger partial charge on any atom is -0.494 e. The first-order valence-electron chi connectivity index (χ1n) is 8.08. The van der Waals surface area contributed by atoms with Crippen LogP contribution in [0.25, 0.3) is 0 Å². The van der Waals surface area contributed by atoms with Crippen LogP contribution < -0.4 is 14.8 Å². The van der Waals surface area contributed by atoms with Gasteiger partial charge in [-0.1, -0.05) is 6.07 Å². The van der Waals surface area contributed by atoms with Gasteiger partial charge in [-0.25, -0.2) is 17.5 Å². The number of benzene rings is 2. The van der Waals surface area contributed by atoms with E-state index in [0.717, 1.165) is 5.56 Å². The lowest BCUT2D eigenvalue weighted by Crippen LogP contribution is -2.27. The van der Waals surface area contributed by atoms with Crippen molar-refractivity contribution < 1.29 is 22.3 Å². The van der Waals surface area contributed by atoms with Gasteiger partial charge in [-0.05, 0) is 54.8 Å². The Bertz CT molecular complexity index is 960. The van der Waals surface area contributed by atoms with Crippen LogP contribution in [-0.2, 0) is 21.2 Å². The number of amides is 1. The summed E-state index contributed by atoms with van der Waals surface area (Å²) in [6.07, 6.45) is 0.815. The number of anilines is 1. The van der Waals surface area contributed by atoms with Gasteiger partial charge < -0.3 is 10.1 Å². The topological polar surface area (TPSA) is 84.5 Å². The van der Waals surface area contributed by atoms with E-state index in [4.69, 9.17) is 4.74 Å². The fourth-order valence-corrected chi connectivity index (χ4v) is 4.13. The van der Waals surface area contributed by atoms with Gasteiger partial charge in [-0.3, -0.25) is 4.79 Å². The van der Waals surface area contributed by atoms with Gasteiger partial charge >= 0.3 is 0 Å². The molecule has 1 atom stereocenters. The van der Waals surface area contributed by atoms with E-state index >= 15 is 0 Å². The van der Waals surface area contributed by atoms with Gasteiger partial charge in [-0.2, -0.15) is 0 Å². The van der Waals surface area contributed by atoms with Gasteiger partial charge in [0, 0.05) is 18.2 Å². The minimum absolute atomic E-state index is 0.0820. The summed E-state index contributed by atoms with van der Waals surface area (Å²) >= 11 is 0. The number of rotatable bonds is 5. The van der Waals surface area contributed by atoms with Crippen molar-refractivity contribution in [3.05, 3.63) is 53.3 Å². The third kappa shape index (κ3) is 3.71. The van der Waals surface area contributed by atoms with Crippen LogP contribution in [0.4, 0.5) is 10.1 Å². The predicted molar refractivity (Wildman–Crippen MR) is 95.1 cm³/mol. The molecule has 0 unspecified atom stereocenters. The third-order valence-electron chi connectivity index (χ3n) is 4.29. The van der Waals surface area contributed by atoms with Crippen LogP contribution in [0.1, 0.15) is 30.5 Å². The summed E-state index contributed by atoms with van der Waals surface area (Å²) in [5, 5.41) is 2.71. The molecule has 3 rings (SSSR count). The van der Waals surface area contributed by atoms with Crippen molar-refractivity contribution in [2.45, 2.75) is 30.7 Å². The molecule has 0 aliphatic carbocycles. The SMILES string of the molecule is COc1ccc([C@H](C)NS(=O)(=O)c2ccc3c(c2)CCC(=O)N3)cc1F. The Morgan fingerprint density at radius 1 is 1.19 bits per heavy atom. The molecular formula is C18H19FN2O4S. The molecule has 2 aromatic carbocycles. The number of hydrogen-bond donors (Lipinski definition) is 2. The molecule has 0 radical (unpaired) electrons. The van der Waals surface area contributed by atoms with E-state index in [1.165, 1.54) is 25.3 Å². The van der Waals surface area contributed by atoms with Crippen LogP contribution >= 0.6 is 0 Å². The number of fused-ring (bicyclic) bond motifs is 1. The molecule has 138 valence electrons. The highest BCUT2D eigenvalue weighted by Crippen LogP contribution is 2.27. The fraction of sp³-hybridized carbons (Fsp3) is 0.278. The van der Waals surface area contributed by atoms with E-state index < -0.39 is 21.9 Å². The van der Waals surface area contributed by atoms with Crippen LogP contribution in [-0.4, -0.2) is 21.4 Å². The Kier molecular flexibility index (Phi) is 4.97. The van der Waals surface area contributed by atoms with Crippen LogP contribution in [0.5, 0.6) is 5.75 Å². The number of halogens is 1. The molecule has 1 heterocycles. The van der Waals surface area contributed by atoms with Crippen LogP contribution in [0.15, 0.2) is 41.3 Å². The summed E-state index contributed by atoms with van der Waals surface area (Å²) in [6.45, 7) is 1.64. The zero-order valence-corrected chi connectivity index (χ0v) is 15.2. The number of aryl methyl sites for hydroxylation is 1. The monoisotopic (exact) mass is 378 g/mol. The van der Waals surface area contributed by atoms with Crippen LogP contribution in [0.2, 0.25) is 0 Å². The molecule has 2 N–H and O–H groups in total. The number of nitrogens with one attached hydrogen (secondary N) is 2. The van der Waals surface area contributed by atoms with E-state index in [0.29, 0.717) is 24.1 Å². The fourth-order valence-electron chi connectivity index (χ4n) is 2.85. The molecule has 2 aromatic rings. The highest BCUT2D eigenvalue weighted by atomic mass is 32.2. The molecule has 0 spiro atoms. The van der Waals surface area contributed by atoms with E-state index in [2.05, 4.69) is 10.0 Å². The van der Waals surface area contributed by atoms with Crippen molar-refractivity contribution in [3.63, 3.8) is 0 Å². The first kappa shape index (κ1) is 18.3. The number of carbonyl (C=O) groups is 1. The normalized spacial score (nSPS) is 15.1. The number of sulfonamides is 1. The largest absolute Gasteiger partial charge is 0.494 e. The summed E-state index contributed by atoms with van der Waals surface area (Å²) in [7, 11) is -2.44. The zero-order valence-electron chi connectivity index (χ0n) is 14.4. The maximum absolute atomic E-state index is 13.9. The van der Waals surface area contributed by atoms with Crippen molar-refractivity contribution >= 4 is 21.6 Å². The Balaban J connectivity index is 1.82. The second-order valence-corrected chi connectivity index (χ2v) is 7.82. The van der Waals surface area contributed by atoms with Gasteiger partial charge in [0.25, 0.3) is 0 Å². The molecule has 0 fully saturated rings. The zero-order chi connectivity index (χ0) is 18.9. The summed E-state index contributed by atoms with van der Waals surface area (Å²) in [5.74, 6) is -0.539. The van der Waals surface area contributed by atoms with Crippen molar-refractivity contribution in [2.75, 3.05) is 12.4 Å². The van der Waals surface area contributed by atoms with E-state index in [-0.39, 0.29) is 16.6 Å². The van der Waals surface area contributed by atoms with Crippen molar-refractivity contribution in [2.24, 2.45) is 0 Å². The molecule has 0 bridgehead atoms. The van der Waals surface area contributed by atoms with Crippen molar-refractivity contribution in [1.29, 1.82) is 0 Å². The van der Waals surface area contributed by atoms with Gasteiger partial charge in [0.1, 0.15) is 0 Å². The molecule has 1 aliphatic heterocycles. The van der Waals surface area contributed by atoms with E-state index in [9.17, 15) is 17.6 Å². The van der Waals surface area contributed by atoms with Gasteiger partial charge in [0.2, 0.25) is 15.9 Å².